The lowest BCUT2D eigenvalue weighted by atomic mass is 10.1. The molecule has 1 fully saturated rings. The highest BCUT2D eigenvalue weighted by atomic mass is 16.2. The summed E-state index contributed by atoms with van der Waals surface area (Å²) in [4.78, 5) is 25.6. The van der Waals surface area contributed by atoms with Gasteiger partial charge in [-0.3, -0.25) is 9.59 Å². The van der Waals surface area contributed by atoms with Crippen LogP contribution in [0, 0.1) is 5.92 Å². The van der Waals surface area contributed by atoms with Crippen LogP contribution in [0.2, 0.25) is 0 Å². The highest BCUT2D eigenvalue weighted by Crippen LogP contribution is 2.11. The van der Waals surface area contributed by atoms with Gasteiger partial charge < -0.3 is 15.5 Å². The Hall–Kier alpha value is -1.10. The molecule has 0 aromatic heterocycles. The smallest absolute Gasteiger partial charge is 0.239 e. The molecule has 0 bridgehead atoms. The fourth-order valence-corrected chi connectivity index (χ4v) is 2.15. The molecule has 1 heterocycles. The second kappa shape index (κ2) is 8.08. The molecule has 18 heavy (non-hydrogen) atoms. The Morgan fingerprint density at radius 3 is 2.67 bits per heavy atom. The van der Waals surface area contributed by atoms with Crippen LogP contribution >= 0.6 is 0 Å². The largest absolute Gasteiger partial charge is 0.355 e. The molecule has 5 heteroatoms. The number of nitrogens with zero attached hydrogens (tertiary/aromatic N) is 1. The number of rotatable bonds is 7. The van der Waals surface area contributed by atoms with E-state index in [0.29, 0.717) is 13.1 Å². The average molecular weight is 255 g/mol. The Morgan fingerprint density at radius 2 is 2.11 bits per heavy atom. The van der Waals surface area contributed by atoms with Gasteiger partial charge in [-0.05, 0) is 25.8 Å². The standard InChI is InChI=1S/C13H25N3O2/c1-3-6-15-12(17)10-16(8-4-2)13(18)11-5-7-14-9-11/h11,14H,3-10H2,1-2H3,(H,15,17). The van der Waals surface area contributed by atoms with Gasteiger partial charge in [-0.2, -0.15) is 0 Å². The van der Waals surface area contributed by atoms with Crippen molar-refractivity contribution in [2.45, 2.75) is 33.1 Å². The molecule has 1 aliphatic heterocycles. The number of hydrogen-bond acceptors (Lipinski definition) is 3. The molecule has 0 aromatic carbocycles. The Labute approximate surface area is 109 Å². The van der Waals surface area contributed by atoms with Crippen molar-refractivity contribution in [2.75, 3.05) is 32.7 Å². The average Bonchev–Trinajstić information content (AvgIpc) is 2.88. The molecule has 0 aliphatic carbocycles. The lowest BCUT2D eigenvalue weighted by molar-refractivity contribution is -0.139. The monoisotopic (exact) mass is 255 g/mol. The van der Waals surface area contributed by atoms with E-state index in [4.69, 9.17) is 0 Å². The zero-order valence-corrected chi connectivity index (χ0v) is 11.5. The summed E-state index contributed by atoms with van der Waals surface area (Å²) in [6.07, 6.45) is 2.68. The van der Waals surface area contributed by atoms with Crippen molar-refractivity contribution in [3.63, 3.8) is 0 Å². The highest BCUT2D eigenvalue weighted by molar-refractivity contribution is 5.86. The van der Waals surface area contributed by atoms with E-state index in [2.05, 4.69) is 10.6 Å². The quantitative estimate of drug-likeness (QED) is 0.690. The van der Waals surface area contributed by atoms with E-state index in [9.17, 15) is 9.59 Å². The summed E-state index contributed by atoms with van der Waals surface area (Å²) < 4.78 is 0. The predicted octanol–water partition coefficient (Wildman–Crippen LogP) is 0.361. The van der Waals surface area contributed by atoms with Gasteiger partial charge >= 0.3 is 0 Å². The summed E-state index contributed by atoms with van der Waals surface area (Å²) in [5.74, 6) is 0.119. The highest BCUT2D eigenvalue weighted by Gasteiger charge is 2.27. The summed E-state index contributed by atoms with van der Waals surface area (Å²) in [5, 5.41) is 6.01. The normalized spacial score (nSPS) is 18.7. The number of amides is 2. The molecule has 1 aliphatic rings. The van der Waals surface area contributed by atoms with Crippen molar-refractivity contribution in [3.05, 3.63) is 0 Å². The summed E-state index contributed by atoms with van der Waals surface area (Å²) in [6.45, 7) is 7.22. The molecule has 1 saturated heterocycles. The van der Waals surface area contributed by atoms with Crippen LogP contribution in [0.3, 0.4) is 0 Å². The number of nitrogens with one attached hydrogen (secondary N) is 2. The molecule has 2 N–H and O–H groups in total. The van der Waals surface area contributed by atoms with E-state index in [1.807, 2.05) is 13.8 Å². The second-order valence-electron chi connectivity index (χ2n) is 4.80. The minimum Gasteiger partial charge on any atom is -0.355 e. The zero-order chi connectivity index (χ0) is 13.4. The van der Waals surface area contributed by atoms with E-state index < -0.39 is 0 Å². The maximum Gasteiger partial charge on any atom is 0.239 e. The second-order valence-corrected chi connectivity index (χ2v) is 4.80. The topological polar surface area (TPSA) is 61.4 Å². The Morgan fingerprint density at radius 1 is 1.33 bits per heavy atom. The molecule has 104 valence electrons. The first-order valence-electron chi connectivity index (χ1n) is 6.95. The van der Waals surface area contributed by atoms with Crippen molar-refractivity contribution >= 4 is 11.8 Å². The van der Waals surface area contributed by atoms with Gasteiger partial charge in [-0.1, -0.05) is 13.8 Å². The molecule has 2 amide bonds. The van der Waals surface area contributed by atoms with Crippen LogP contribution < -0.4 is 10.6 Å². The molecule has 0 radical (unpaired) electrons. The Balaban J connectivity index is 2.47. The summed E-state index contributed by atoms with van der Waals surface area (Å²) in [6, 6.07) is 0. The number of carbonyl (C=O) groups excluding carboxylic acids is 2. The third-order valence-corrected chi connectivity index (χ3v) is 3.12. The van der Waals surface area contributed by atoms with Gasteiger partial charge in [0.05, 0.1) is 12.5 Å². The fourth-order valence-electron chi connectivity index (χ4n) is 2.15. The molecular weight excluding hydrogens is 230 g/mol. The first-order valence-corrected chi connectivity index (χ1v) is 6.95. The molecular formula is C13H25N3O2. The first kappa shape index (κ1) is 15.0. The minimum absolute atomic E-state index is 0.0513. The summed E-state index contributed by atoms with van der Waals surface area (Å²) in [5.41, 5.74) is 0. The van der Waals surface area contributed by atoms with Crippen LogP contribution in [-0.2, 0) is 9.59 Å². The minimum atomic E-state index is -0.0513. The molecule has 5 nitrogen and oxygen atoms in total. The van der Waals surface area contributed by atoms with Crippen LogP contribution in [0.1, 0.15) is 33.1 Å². The van der Waals surface area contributed by atoms with Crippen LogP contribution in [0.15, 0.2) is 0 Å². The lowest BCUT2D eigenvalue weighted by Gasteiger charge is -2.24. The lowest BCUT2D eigenvalue weighted by Crippen LogP contribution is -2.44. The van der Waals surface area contributed by atoms with E-state index >= 15 is 0 Å². The molecule has 1 unspecified atom stereocenters. The van der Waals surface area contributed by atoms with E-state index in [-0.39, 0.29) is 24.3 Å². The molecule has 1 atom stereocenters. The van der Waals surface area contributed by atoms with E-state index in [1.54, 1.807) is 4.90 Å². The van der Waals surface area contributed by atoms with Gasteiger partial charge in [-0.25, -0.2) is 0 Å². The Kier molecular flexibility index (Phi) is 6.72. The number of carbonyl (C=O) groups is 2. The Bertz CT molecular complexity index is 275. The summed E-state index contributed by atoms with van der Waals surface area (Å²) >= 11 is 0. The molecule has 0 aromatic rings. The third kappa shape index (κ3) is 4.64. The summed E-state index contributed by atoms with van der Waals surface area (Å²) in [7, 11) is 0. The van der Waals surface area contributed by atoms with Crippen molar-refractivity contribution in [2.24, 2.45) is 5.92 Å². The van der Waals surface area contributed by atoms with Crippen molar-refractivity contribution < 1.29 is 9.59 Å². The van der Waals surface area contributed by atoms with Gasteiger partial charge in [0.2, 0.25) is 11.8 Å². The maximum atomic E-state index is 12.3. The van der Waals surface area contributed by atoms with Crippen LogP contribution in [-0.4, -0.2) is 49.4 Å². The fraction of sp³-hybridized carbons (Fsp3) is 0.846. The number of hydrogen-bond donors (Lipinski definition) is 2. The van der Waals surface area contributed by atoms with Gasteiger partial charge in [0.1, 0.15) is 0 Å². The first-order chi connectivity index (χ1) is 8.69. The third-order valence-electron chi connectivity index (χ3n) is 3.12. The van der Waals surface area contributed by atoms with Gasteiger partial charge in [0.25, 0.3) is 0 Å². The van der Waals surface area contributed by atoms with Crippen LogP contribution in [0.25, 0.3) is 0 Å². The molecule has 0 saturated carbocycles. The van der Waals surface area contributed by atoms with Gasteiger partial charge in [0, 0.05) is 19.6 Å². The molecule has 0 spiro atoms. The van der Waals surface area contributed by atoms with Gasteiger partial charge in [-0.15, -0.1) is 0 Å². The van der Waals surface area contributed by atoms with E-state index in [1.165, 1.54) is 0 Å². The van der Waals surface area contributed by atoms with Crippen molar-refractivity contribution in [1.29, 1.82) is 0 Å². The maximum absolute atomic E-state index is 12.3. The van der Waals surface area contributed by atoms with Crippen molar-refractivity contribution in [3.8, 4) is 0 Å². The molecule has 1 rings (SSSR count). The predicted molar refractivity (Wildman–Crippen MR) is 71.1 cm³/mol. The van der Waals surface area contributed by atoms with Crippen LogP contribution in [0.4, 0.5) is 0 Å². The SMILES string of the molecule is CCCNC(=O)CN(CCC)C(=O)C1CCNC1. The van der Waals surface area contributed by atoms with Crippen molar-refractivity contribution in [1.82, 2.24) is 15.5 Å². The van der Waals surface area contributed by atoms with Gasteiger partial charge in [0.15, 0.2) is 0 Å². The van der Waals surface area contributed by atoms with E-state index in [0.717, 1.165) is 32.4 Å². The van der Waals surface area contributed by atoms with Crippen LogP contribution in [0.5, 0.6) is 0 Å². The zero-order valence-electron chi connectivity index (χ0n) is 11.5.